The predicted molar refractivity (Wildman–Crippen MR) is 119 cm³/mol. The highest BCUT2D eigenvalue weighted by Crippen LogP contribution is 2.28. The van der Waals surface area contributed by atoms with E-state index in [-0.39, 0.29) is 18.0 Å². The number of carbonyl (C=O) groups excluding carboxylic acids is 1. The van der Waals surface area contributed by atoms with Crippen molar-refractivity contribution in [2.24, 2.45) is 0 Å². The first-order chi connectivity index (χ1) is 14.0. The molecule has 0 N–H and O–H groups in total. The fourth-order valence-electron chi connectivity index (χ4n) is 3.63. The van der Waals surface area contributed by atoms with Crippen molar-refractivity contribution in [2.75, 3.05) is 7.11 Å². The highest BCUT2D eigenvalue weighted by Gasteiger charge is 2.26. The van der Waals surface area contributed by atoms with E-state index in [1.807, 2.05) is 59.5 Å². The molecule has 0 radical (unpaired) electrons. The van der Waals surface area contributed by atoms with E-state index in [9.17, 15) is 4.79 Å². The second kappa shape index (κ2) is 9.08. The normalized spacial score (nSPS) is 13.1. The number of benzene rings is 2. The highest BCUT2D eigenvalue weighted by atomic mass is 16.5. The quantitative estimate of drug-likeness (QED) is 0.501. The van der Waals surface area contributed by atoms with Crippen LogP contribution in [-0.4, -0.2) is 35.0 Å². The van der Waals surface area contributed by atoms with Crippen molar-refractivity contribution in [3.63, 3.8) is 0 Å². The van der Waals surface area contributed by atoms with Gasteiger partial charge in [-0.3, -0.25) is 4.79 Å². The molecule has 0 aliphatic rings. The van der Waals surface area contributed by atoms with E-state index in [4.69, 9.17) is 9.72 Å². The molecular weight excluding hydrogens is 360 g/mol. The molecule has 4 nitrogen and oxygen atoms in total. The van der Waals surface area contributed by atoms with Gasteiger partial charge in [-0.05, 0) is 63.1 Å². The van der Waals surface area contributed by atoms with Crippen molar-refractivity contribution >= 4 is 16.8 Å². The minimum atomic E-state index is 0.0714. The lowest BCUT2D eigenvalue weighted by Gasteiger charge is -2.34. The summed E-state index contributed by atoms with van der Waals surface area (Å²) in [4.78, 5) is 20.6. The molecule has 0 saturated heterocycles. The van der Waals surface area contributed by atoms with Crippen molar-refractivity contribution in [3.05, 3.63) is 60.2 Å². The van der Waals surface area contributed by atoms with Crippen LogP contribution in [0, 0.1) is 0 Å². The van der Waals surface area contributed by atoms with Gasteiger partial charge in [-0.2, -0.15) is 0 Å². The fraction of sp³-hybridized carbons (Fsp3) is 0.360. The maximum absolute atomic E-state index is 13.7. The summed E-state index contributed by atoms with van der Waals surface area (Å²) in [6, 6.07) is 17.9. The molecule has 0 fully saturated rings. The molecular formula is C25H30N2O2. The van der Waals surface area contributed by atoms with Crippen LogP contribution in [0.2, 0.25) is 0 Å². The van der Waals surface area contributed by atoms with Gasteiger partial charge in [-0.15, -0.1) is 0 Å². The molecule has 29 heavy (non-hydrogen) atoms. The van der Waals surface area contributed by atoms with E-state index in [1.54, 1.807) is 7.11 Å². The van der Waals surface area contributed by atoms with Crippen LogP contribution in [0.15, 0.2) is 54.6 Å². The van der Waals surface area contributed by atoms with Gasteiger partial charge in [0.2, 0.25) is 0 Å². The zero-order chi connectivity index (χ0) is 21.0. The molecule has 0 saturated carbocycles. The van der Waals surface area contributed by atoms with Crippen LogP contribution in [0.5, 0.6) is 5.75 Å². The Labute approximate surface area is 173 Å². The zero-order valence-corrected chi connectivity index (χ0v) is 18.0. The average molecular weight is 391 g/mol. The zero-order valence-electron chi connectivity index (χ0n) is 18.0. The van der Waals surface area contributed by atoms with Crippen molar-refractivity contribution in [1.29, 1.82) is 0 Å². The molecule has 1 aromatic heterocycles. The Bertz CT molecular complexity index is 972. The lowest BCUT2D eigenvalue weighted by molar-refractivity contribution is 0.0600. The minimum Gasteiger partial charge on any atom is -0.497 e. The highest BCUT2D eigenvalue weighted by molar-refractivity contribution is 6.07. The van der Waals surface area contributed by atoms with Crippen LogP contribution in [0.3, 0.4) is 0 Å². The summed E-state index contributed by atoms with van der Waals surface area (Å²) in [6.07, 6.45) is 1.84. The van der Waals surface area contributed by atoms with Crippen LogP contribution < -0.4 is 4.74 Å². The Balaban J connectivity index is 2.15. The van der Waals surface area contributed by atoms with E-state index >= 15 is 0 Å². The summed E-state index contributed by atoms with van der Waals surface area (Å²) in [5, 5.41) is 0.895. The third-order valence-corrected chi connectivity index (χ3v) is 5.70. The smallest absolute Gasteiger partial charge is 0.255 e. The van der Waals surface area contributed by atoms with Gasteiger partial charge in [0.1, 0.15) is 5.75 Å². The van der Waals surface area contributed by atoms with Crippen LogP contribution in [-0.2, 0) is 0 Å². The van der Waals surface area contributed by atoms with Crippen molar-refractivity contribution < 1.29 is 9.53 Å². The Morgan fingerprint density at radius 3 is 2.21 bits per heavy atom. The Hall–Kier alpha value is -2.88. The van der Waals surface area contributed by atoms with E-state index in [0.29, 0.717) is 5.56 Å². The van der Waals surface area contributed by atoms with Gasteiger partial charge >= 0.3 is 0 Å². The molecule has 3 aromatic rings. The number of hydrogen-bond donors (Lipinski definition) is 0. The number of fused-ring (bicyclic) bond motifs is 1. The summed E-state index contributed by atoms with van der Waals surface area (Å²) in [5.74, 6) is 0.868. The number of aromatic nitrogens is 1. The summed E-state index contributed by atoms with van der Waals surface area (Å²) in [7, 11) is 1.65. The molecule has 1 amide bonds. The monoisotopic (exact) mass is 390 g/mol. The van der Waals surface area contributed by atoms with E-state index < -0.39 is 0 Å². The first-order valence-corrected chi connectivity index (χ1v) is 10.4. The van der Waals surface area contributed by atoms with Gasteiger partial charge in [0.25, 0.3) is 5.91 Å². The van der Waals surface area contributed by atoms with Gasteiger partial charge in [0, 0.05) is 23.0 Å². The number of para-hydroxylation sites is 1. The molecule has 152 valence electrons. The van der Waals surface area contributed by atoms with Gasteiger partial charge < -0.3 is 9.64 Å². The van der Waals surface area contributed by atoms with Crippen LogP contribution in [0.1, 0.15) is 50.9 Å². The van der Waals surface area contributed by atoms with E-state index in [2.05, 4.69) is 27.7 Å². The molecule has 0 aliphatic heterocycles. The van der Waals surface area contributed by atoms with Gasteiger partial charge in [0.15, 0.2) is 0 Å². The lowest BCUT2D eigenvalue weighted by Crippen LogP contribution is -2.44. The standard InChI is InChI=1S/C25H30N2O2/c1-6-17(3)27(18(4)7-2)25(28)22-16-24(19-12-14-20(29-5)15-13-19)26-23-11-9-8-10-21(22)23/h8-18H,6-7H2,1-5H3. The first-order valence-electron chi connectivity index (χ1n) is 10.4. The van der Waals surface area contributed by atoms with Crippen LogP contribution in [0.25, 0.3) is 22.2 Å². The number of rotatable bonds is 7. The third kappa shape index (κ3) is 4.26. The first kappa shape index (κ1) is 20.8. The van der Waals surface area contributed by atoms with E-state index in [1.165, 1.54) is 0 Å². The molecule has 2 aromatic carbocycles. The molecule has 4 heteroatoms. The molecule has 0 spiro atoms. The second-order valence-corrected chi connectivity index (χ2v) is 7.53. The number of amides is 1. The summed E-state index contributed by atoms with van der Waals surface area (Å²) < 4.78 is 5.26. The Morgan fingerprint density at radius 2 is 1.62 bits per heavy atom. The lowest BCUT2D eigenvalue weighted by atomic mass is 10.0. The van der Waals surface area contributed by atoms with Crippen molar-refractivity contribution in [2.45, 2.75) is 52.6 Å². The van der Waals surface area contributed by atoms with Crippen molar-refractivity contribution in [3.8, 4) is 17.0 Å². The Kier molecular flexibility index (Phi) is 6.53. The molecule has 2 atom stereocenters. The van der Waals surface area contributed by atoms with Gasteiger partial charge in [-0.1, -0.05) is 32.0 Å². The molecule has 2 unspecified atom stereocenters. The largest absolute Gasteiger partial charge is 0.497 e. The topological polar surface area (TPSA) is 42.4 Å². The summed E-state index contributed by atoms with van der Waals surface area (Å²) >= 11 is 0. The molecule has 3 rings (SSSR count). The summed E-state index contributed by atoms with van der Waals surface area (Å²) in [6.45, 7) is 8.50. The number of hydrogen-bond acceptors (Lipinski definition) is 3. The SMILES string of the molecule is CCC(C)N(C(=O)c1cc(-c2ccc(OC)cc2)nc2ccccc12)C(C)CC. The number of pyridine rings is 1. The number of methoxy groups -OCH3 is 1. The number of carbonyl (C=O) groups is 1. The Morgan fingerprint density at radius 1 is 1.00 bits per heavy atom. The fourth-order valence-corrected chi connectivity index (χ4v) is 3.63. The summed E-state index contributed by atoms with van der Waals surface area (Å²) in [5.41, 5.74) is 3.30. The number of nitrogens with zero attached hydrogens (tertiary/aromatic N) is 2. The maximum Gasteiger partial charge on any atom is 0.255 e. The van der Waals surface area contributed by atoms with Crippen LogP contribution in [0.4, 0.5) is 0 Å². The van der Waals surface area contributed by atoms with Crippen LogP contribution >= 0.6 is 0 Å². The second-order valence-electron chi connectivity index (χ2n) is 7.53. The average Bonchev–Trinajstić information content (AvgIpc) is 2.78. The molecule has 0 aliphatic carbocycles. The van der Waals surface area contributed by atoms with Gasteiger partial charge in [-0.25, -0.2) is 4.98 Å². The van der Waals surface area contributed by atoms with E-state index in [0.717, 1.165) is 40.8 Å². The maximum atomic E-state index is 13.7. The third-order valence-electron chi connectivity index (χ3n) is 5.70. The minimum absolute atomic E-state index is 0.0714. The molecule has 0 bridgehead atoms. The molecule has 1 heterocycles. The predicted octanol–water partition coefficient (Wildman–Crippen LogP) is 5.95. The van der Waals surface area contributed by atoms with Gasteiger partial charge in [0.05, 0.1) is 23.9 Å². The van der Waals surface area contributed by atoms with Crippen molar-refractivity contribution in [1.82, 2.24) is 9.88 Å². The number of ether oxygens (including phenoxy) is 1.